The highest BCUT2D eigenvalue weighted by Crippen LogP contribution is 2.48. The molecule has 1 aliphatic rings. The average molecular weight is 574 g/mol. The number of benzene rings is 2. The second kappa shape index (κ2) is 14.1. The molecule has 0 radical (unpaired) electrons. The van der Waals surface area contributed by atoms with E-state index in [1.54, 1.807) is 23.1 Å². The highest BCUT2D eigenvalue weighted by molar-refractivity contribution is 5.89. The number of nitrogens with two attached hydrogens (primary N) is 1. The summed E-state index contributed by atoms with van der Waals surface area (Å²) < 4.78 is 39.3. The average Bonchev–Trinajstić information content (AvgIpc) is 2.94. The highest BCUT2D eigenvalue weighted by Gasteiger charge is 2.58. The Kier molecular flexibility index (Phi) is 11.2. The lowest BCUT2D eigenvalue weighted by Gasteiger charge is -2.49. The molecule has 2 aromatic rings. The molecule has 0 bridgehead atoms. The molecule has 0 aliphatic heterocycles. The number of allylic oxidation sites excluding steroid dienone is 1. The number of aliphatic hydroxyl groups excluding tert-OH is 1. The van der Waals surface area contributed by atoms with Crippen molar-refractivity contribution in [1.29, 1.82) is 0 Å². The van der Waals surface area contributed by atoms with Crippen LogP contribution in [0.4, 0.5) is 13.2 Å². The molecular weight excluding hydrogens is 531 g/mol. The number of nitrogens with one attached hydrogen (secondary N) is 1. The Balaban J connectivity index is 1.85. The van der Waals surface area contributed by atoms with Gasteiger partial charge in [0, 0.05) is 19.6 Å². The minimum atomic E-state index is -4.41. The SMILES string of the molecule is CCCN(CCC)C(=O)C1(CCCNCc2cccc(C(F)(F)F)c2)CC=C[C@](Cc2ccccc2)(C(N)=O)[C@@H]1O. The summed E-state index contributed by atoms with van der Waals surface area (Å²) >= 11 is 0. The number of carbonyl (C=O) groups is 2. The monoisotopic (exact) mass is 573 g/mol. The van der Waals surface area contributed by atoms with Crippen LogP contribution in [0.5, 0.6) is 0 Å². The van der Waals surface area contributed by atoms with Gasteiger partial charge in [-0.1, -0.05) is 74.5 Å². The molecule has 2 aromatic carbocycles. The van der Waals surface area contributed by atoms with Crippen molar-refractivity contribution in [3.05, 3.63) is 83.4 Å². The van der Waals surface area contributed by atoms with E-state index in [0.717, 1.165) is 30.5 Å². The van der Waals surface area contributed by atoms with Crippen LogP contribution in [0.15, 0.2) is 66.7 Å². The molecule has 1 aliphatic carbocycles. The molecule has 0 aromatic heterocycles. The number of carbonyl (C=O) groups excluding carboxylic acids is 2. The van der Waals surface area contributed by atoms with Gasteiger partial charge in [-0.15, -0.1) is 0 Å². The van der Waals surface area contributed by atoms with Crippen LogP contribution in [0.25, 0.3) is 0 Å². The van der Waals surface area contributed by atoms with Gasteiger partial charge in [-0.05, 0) is 62.3 Å². The number of aliphatic hydroxyl groups is 1. The van der Waals surface area contributed by atoms with Crippen molar-refractivity contribution in [3.63, 3.8) is 0 Å². The first-order valence-electron chi connectivity index (χ1n) is 14.4. The third kappa shape index (κ3) is 7.57. The maximum atomic E-state index is 14.2. The zero-order valence-corrected chi connectivity index (χ0v) is 23.9. The van der Waals surface area contributed by atoms with E-state index in [1.807, 2.05) is 44.2 Å². The number of hydrogen-bond donors (Lipinski definition) is 3. The minimum absolute atomic E-state index is 0.158. The summed E-state index contributed by atoms with van der Waals surface area (Å²) in [4.78, 5) is 29.1. The molecule has 2 amide bonds. The maximum absolute atomic E-state index is 14.2. The lowest BCUT2D eigenvalue weighted by Crippen LogP contribution is -2.61. The maximum Gasteiger partial charge on any atom is 0.416 e. The van der Waals surface area contributed by atoms with E-state index in [9.17, 15) is 27.9 Å². The molecule has 3 rings (SSSR count). The largest absolute Gasteiger partial charge is 0.416 e. The van der Waals surface area contributed by atoms with E-state index in [4.69, 9.17) is 5.73 Å². The summed E-state index contributed by atoms with van der Waals surface area (Å²) in [6.07, 6.45) is 0.336. The lowest BCUT2D eigenvalue weighted by atomic mass is 9.58. The molecule has 0 fully saturated rings. The van der Waals surface area contributed by atoms with Crippen LogP contribution in [-0.2, 0) is 28.7 Å². The van der Waals surface area contributed by atoms with Gasteiger partial charge in [0.2, 0.25) is 11.8 Å². The topological polar surface area (TPSA) is 95.7 Å². The van der Waals surface area contributed by atoms with E-state index < -0.39 is 34.6 Å². The van der Waals surface area contributed by atoms with Gasteiger partial charge in [-0.3, -0.25) is 9.59 Å². The molecule has 0 saturated heterocycles. The molecule has 6 nitrogen and oxygen atoms in total. The molecule has 1 unspecified atom stereocenters. The van der Waals surface area contributed by atoms with E-state index in [-0.39, 0.29) is 31.7 Å². The van der Waals surface area contributed by atoms with Gasteiger partial charge in [-0.25, -0.2) is 0 Å². The van der Waals surface area contributed by atoms with Crippen molar-refractivity contribution in [2.75, 3.05) is 19.6 Å². The lowest BCUT2D eigenvalue weighted by molar-refractivity contribution is -0.162. The zero-order chi connectivity index (χ0) is 30.1. The Morgan fingerprint density at radius 2 is 1.71 bits per heavy atom. The van der Waals surface area contributed by atoms with Gasteiger partial charge in [0.05, 0.1) is 22.5 Å². The molecule has 41 heavy (non-hydrogen) atoms. The Labute approximate surface area is 240 Å². The molecule has 0 saturated carbocycles. The van der Waals surface area contributed by atoms with Crippen molar-refractivity contribution >= 4 is 11.8 Å². The minimum Gasteiger partial charge on any atom is -0.391 e. The van der Waals surface area contributed by atoms with Crippen molar-refractivity contribution in [2.45, 2.75) is 71.2 Å². The first-order valence-corrected chi connectivity index (χ1v) is 14.4. The van der Waals surface area contributed by atoms with Crippen LogP contribution < -0.4 is 11.1 Å². The molecular formula is C32H42F3N3O3. The molecule has 0 spiro atoms. The van der Waals surface area contributed by atoms with Crippen molar-refractivity contribution < 1.29 is 27.9 Å². The molecule has 9 heteroatoms. The second-order valence-corrected chi connectivity index (χ2v) is 11.0. The summed E-state index contributed by atoms with van der Waals surface area (Å²) in [6, 6.07) is 14.4. The summed E-state index contributed by atoms with van der Waals surface area (Å²) in [5, 5.41) is 15.2. The van der Waals surface area contributed by atoms with Crippen molar-refractivity contribution in [2.24, 2.45) is 16.6 Å². The predicted octanol–water partition coefficient (Wildman–Crippen LogP) is 5.25. The van der Waals surface area contributed by atoms with Gasteiger partial charge in [0.25, 0.3) is 0 Å². The normalized spacial score (nSPS) is 22.4. The fourth-order valence-corrected chi connectivity index (χ4v) is 5.91. The summed E-state index contributed by atoms with van der Waals surface area (Å²) in [5.74, 6) is -0.892. The molecule has 0 heterocycles. The first-order chi connectivity index (χ1) is 19.5. The fraction of sp³-hybridized carbons (Fsp3) is 0.500. The van der Waals surface area contributed by atoms with Gasteiger partial charge >= 0.3 is 6.18 Å². The predicted molar refractivity (Wildman–Crippen MR) is 154 cm³/mol. The zero-order valence-electron chi connectivity index (χ0n) is 23.9. The van der Waals surface area contributed by atoms with Gasteiger partial charge in [0.1, 0.15) is 0 Å². The Morgan fingerprint density at radius 1 is 1.05 bits per heavy atom. The first kappa shape index (κ1) is 32.3. The van der Waals surface area contributed by atoms with Crippen LogP contribution in [0.1, 0.15) is 62.6 Å². The number of halogens is 3. The Bertz CT molecular complexity index is 1180. The van der Waals surface area contributed by atoms with Crippen molar-refractivity contribution in [3.8, 4) is 0 Å². The molecule has 224 valence electrons. The third-order valence-electron chi connectivity index (χ3n) is 7.97. The Hall–Kier alpha value is -3.17. The van der Waals surface area contributed by atoms with Crippen LogP contribution in [-0.4, -0.2) is 47.6 Å². The number of rotatable bonds is 14. The number of amides is 2. The van der Waals surface area contributed by atoms with E-state index in [1.165, 1.54) is 6.07 Å². The molecule has 3 atom stereocenters. The van der Waals surface area contributed by atoms with Gasteiger partial charge < -0.3 is 21.1 Å². The number of alkyl halides is 3. The van der Waals surface area contributed by atoms with Crippen LogP contribution in [0.2, 0.25) is 0 Å². The number of nitrogens with zero attached hydrogens (tertiary/aromatic N) is 1. The smallest absolute Gasteiger partial charge is 0.391 e. The summed E-state index contributed by atoms with van der Waals surface area (Å²) in [6.45, 7) is 5.67. The number of hydrogen-bond acceptors (Lipinski definition) is 4. The third-order valence-corrected chi connectivity index (χ3v) is 7.97. The standard InChI is InChI=1S/C32H42F3N3O3/c1-3-19-38(20-4-2)29(41)30(17-10-18-37-23-25-13-8-14-26(21-25)32(33,34)35)15-9-16-31(27(30)39,28(36)40)22-24-11-6-5-7-12-24/h5-9,11-14,16,21,27,37,39H,3-4,10,15,17-20,22-23H2,1-2H3,(H2,36,40)/t27-,30?,31-/m1/s1. The van der Waals surface area contributed by atoms with E-state index >= 15 is 0 Å². The summed E-state index contributed by atoms with van der Waals surface area (Å²) in [5.41, 5.74) is 3.84. The van der Waals surface area contributed by atoms with E-state index in [2.05, 4.69) is 5.32 Å². The summed E-state index contributed by atoms with van der Waals surface area (Å²) in [7, 11) is 0. The number of primary amides is 1. The van der Waals surface area contributed by atoms with Crippen LogP contribution >= 0.6 is 0 Å². The fourth-order valence-electron chi connectivity index (χ4n) is 5.91. The van der Waals surface area contributed by atoms with Crippen molar-refractivity contribution in [1.82, 2.24) is 10.2 Å². The van der Waals surface area contributed by atoms with Crippen LogP contribution in [0.3, 0.4) is 0 Å². The second-order valence-electron chi connectivity index (χ2n) is 11.0. The highest BCUT2D eigenvalue weighted by atomic mass is 19.4. The van der Waals surface area contributed by atoms with Gasteiger partial charge in [0.15, 0.2) is 0 Å². The van der Waals surface area contributed by atoms with Gasteiger partial charge in [-0.2, -0.15) is 13.2 Å². The molecule has 4 N–H and O–H groups in total. The quantitative estimate of drug-likeness (QED) is 0.213. The Morgan fingerprint density at radius 3 is 2.32 bits per heavy atom. The van der Waals surface area contributed by atoms with Crippen LogP contribution in [0, 0.1) is 10.8 Å². The van der Waals surface area contributed by atoms with E-state index in [0.29, 0.717) is 31.6 Å².